The van der Waals surface area contributed by atoms with Crippen LogP contribution in [0.1, 0.15) is 38.6 Å². The number of hydrogen-bond acceptors (Lipinski definition) is 5. The number of aromatic nitrogens is 4. The lowest BCUT2D eigenvalue weighted by Gasteiger charge is -2.29. The van der Waals surface area contributed by atoms with Gasteiger partial charge in [0.1, 0.15) is 6.54 Å². The highest BCUT2D eigenvalue weighted by atomic mass is 32.1. The molecule has 0 aliphatic carbocycles. The number of amides is 2. The zero-order chi connectivity index (χ0) is 21.4. The SMILES string of the molecule is Cc1nn(CC(=O)N2CCn3ncc(CN(C)C(=O)c4ccsc4)c3C2)c(C)c1C. The van der Waals surface area contributed by atoms with Gasteiger partial charge in [0.15, 0.2) is 0 Å². The first-order chi connectivity index (χ1) is 14.3. The summed E-state index contributed by atoms with van der Waals surface area (Å²) in [5, 5.41) is 12.7. The molecule has 0 atom stereocenters. The van der Waals surface area contributed by atoms with Gasteiger partial charge in [0.05, 0.1) is 36.2 Å². The molecular formula is C21H26N6O2S. The Labute approximate surface area is 179 Å². The minimum Gasteiger partial charge on any atom is -0.337 e. The van der Waals surface area contributed by atoms with Gasteiger partial charge < -0.3 is 9.80 Å². The topological polar surface area (TPSA) is 76.3 Å². The number of nitrogens with zero attached hydrogens (tertiary/aromatic N) is 6. The normalized spacial score (nSPS) is 13.4. The molecule has 9 heteroatoms. The molecule has 8 nitrogen and oxygen atoms in total. The molecule has 4 rings (SSSR count). The highest BCUT2D eigenvalue weighted by molar-refractivity contribution is 7.08. The van der Waals surface area contributed by atoms with Gasteiger partial charge in [-0.3, -0.25) is 19.0 Å². The van der Waals surface area contributed by atoms with Crippen LogP contribution in [0.3, 0.4) is 0 Å². The number of carbonyl (C=O) groups excluding carboxylic acids is 2. The Morgan fingerprint density at radius 3 is 2.70 bits per heavy atom. The highest BCUT2D eigenvalue weighted by Gasteiger charge is 2.26. The number of fused-ring (bicyclic) bond motifs is 1. The summed E-state index contributed by atoms with van der Waals surface area (Å²) in [5.41, 5.74) is 5.76. The van der Waals surface area contributed by atoms with E-state index in [4.69, 9.17) is 0 Å². The molecule has 0 radical (unpaired) electrons. The van der Waals surface area contributed by atoms with E-state index in [0.29, 0.717) is 31.7 Å². The Morgan fingerprint density at radius 2 is 2.03 bits per heavy atom. The van der Waals surface area contributed by atoms with E-state index in [0.717, 1.165) is 28.2 Å². The standard InChI is InChI=1S/C21H26N6O2S/c1-14-15(2)23-27(16(14)3)12-20(28)25-6-7-26-19(11-25)18(9-22-26)10-24(4)21(29)17-5-8-30-13-17/h5,8-9,13H,6-7,10-12H2,1-4H3. The minimum absolute atomic E-state index is 0.0140. The van der Waals surface area contributed by atoms with E-state index in [1.54, 1.807) is 16.6 Å². The lowest BCUT2D eigenvalue weighted by atomic mass is 10.1. The largest absolute Gasteiger partial charge is 0.337 e. The third kappa shape index (κ3) is 3.77. The Hall–Kier alpha value is -2.94. The van der Waals surface area contributed by atoms with Gasteiger partial charge in [-0.1, -0.05) is 0 Å². The Bertz CT molecular complexity index is 1080. The van der Waals surface area contributed by atoms with Crippen molar-refractivity contribution in [1.29, 1.82) is 0 Å². The summed E-state index contributed by atoms with van der Waals surface area (Å²) in [6.07, 6.45) is 1.81. The minimum atomic E-state index is -0.0140. The molecule has 0 N–H and O–H groups in total. The summed E-state index contributed by atoms with van der Waals surface area (Å²) in [5.74, 6) is 0.0292. The summed E-state index contributed by atoms with van der Waals surface area (Å²) in [4.78, 5) is 29.1. The van der Waals surface area contributed by atoms with Crippen LogP contribution in [-0.4, -0.2) is 54.8 Å². The molecule has 3 aromatic rings. The fourth-order valence-corrected chi connectivity index (χ4v) is 4.38. The quantitative estimate of drug-likeness (QED) is 0.628. The van der Waals surface area contributed by atoms with Gasteiger partial charge in [0.25, 0.3) is 5.91 Å². The molecule has 3 aromatic heterocycles. The van der Waals surface area contributed by atoms with Crippen LogP contribution in [0.4, 0.5) is 0 Å². The van der Waals surface area contributed by atoms with Crippen LogP contribution in [0.5, 0.6) is 0 Å². The van der Waals surface area contributed by atoms with E-state index in [2.05, 4.69) is 10.2 Å². The van der Waals surface area contributed by atoms with Crippen molar-refractivity contribution in [2.24, 2.45) is 0 Å². The molecule has 30 heavy (non-hydrogen) atoms. The van der Waals surface area contributed by atoms with Crippen molar-refractivity contribution < 1.29 is 9.59 Å². The van der Waals surface area contributed by atoms with Gasteiger partial charge in [-0.05, 0) is 37.8 Å². The molecule has 1 aliphatic heterocycles. The van der Waals surface area contributed by atoms with E-state index >= 15 is 0 Å². The smallest absolute Gasteiger partial charge is 0.254 e. The van der Waals surface area contributed by atoms with E-state index < -0.39 is 0 Å². The van der Waals surface area contributed by atoms with E-state index in [-0.39, 0.29) is 18.4 Å². The van der Waals surface area contributed by atoms with Gasteiger partial charge in [-0.15, -0.1) is 0 Å². The predicted molar refractivity (Wildman–Crippen MR) is 114 cm³/mol. The second kappa shape index (κ2) is 8.06. The average Bonchev–Trinajstić information content (AvgIpc) is 3.45. The Kier molecular flexibility index (Phi) is 5.46. The maximum atomic E-state index is 12.9. The zero-order valence-electron chi connectivity index (χ0n) is 17.8. The van der Waals surface area contributed by atoms with Crippen LogP contribution < -0.4 is 0 Å². The monoisotopic (exact) mass is 426 g/mol. The molecule has 0 saturated heterocycles. The highest BCUT2D eigenvalue weighted by Crippen LogP contribution is 2.20. The lowest BCUT2D eigenvalue weighted by molar-refractivity contribution is -0.133. The summed E-state index contributed by atoms with van der Waals surface area (Å²) in [6.45, 7) is 8.44. The lowest BCUT2D eigenvalue weighted by Crippen LogP contribution is -2.41. The molecule has 0 fully saturated rings. The fraction of sp³-hybridized carbons (Fsp3) is 0.429. The van der Waals surface area contributed by atoms with E-state index in [9.17, 15) is 9.59 Å². The number of carbonyl (C=O) groups is 2. The molecular weight excluding hydrogens is 400 g/mol. The number of hydrogen-bond donors (Lipinski definition) is 0. The molecule has 0 spiro atoms. The van der Waals surface area contributed by atoms with Gasteiger partial charge in [-0.2, -0.15) is 21.5 Å². The number of thiophene rings is 1. The fourth-order valence-electron chi connectivity index (χ4n) is 3.75. The zero-order valence-corrected chi connectivity index (χ0v) is 18.6. The van der Waals surface area contributed by atoms with E-state index in [1.807, 2.05) is 53.4 Å². The Morgan fingerprint density at radius 1 is 1.23 bits per heavy atom. The molecule has 158 valence electrons. The van der Waals surface area contributed by atoms with Crippen LogP contribution in [-0.2, 0) is 31.0 Å². The van der Waals surface area contributed by atoms with Crippen LogP contribution in [0.15, 0.2) is 23.0 Å². The first-order valence-electron chi connectivity index (χ1n) is 9.94. The summed E-state index contributed by atoms with van der Waals surface area (Å²) in [6, 6.07) is 1.83. The summed E-state index contributed by atoms with van der Waals surface area (Å²) in [7, 11) is 1.79. The number of aryl methyl sites for hydroxylation is 1. The molecule has 0 bridgehead atoms. The molecule has 4 heterocycles. The maximum absolute atomic E-state index is 12.9. The average molecular weight is 427 g/mol. The van der Waals surface area contributed by atoms with Crippen molar-refractivity contribution in [1.82, 2.24) is 29.4 Å². The van der Waals surface area contributed by atoms with Crippen molar-refractivity contribution in [3.8, 4) is 0 Å². The van der Waals surface area contributed by atoms with Gasteiger partial charge >= 0.3 is 0 Å². The van der Waals surface area contributed by atoms with Gasteiger partial charge in [0, 0.05) is 36.8 Å². The molecule has 1 aliphatic rings. The molecule has 0 aromatic carbocycles. The van der Waals surface area contributed by atoms with Gasteiger partial charge in [-0.25, -0.2) is 0 Å². The van der Waals surface area contributed by atoms with Crippen LogP contribution in [0.25, 0.3) is 0 Å². The Balaban J connectivity index is 1.45. The third-order valence-corrected chi connectivity index (χ3v) is 6.54. The van der Waals surface area contributed by atoms with Crippen molar-refractivity contribution in [2.45, 2.75) is 47.0 Å². The van der Waals surface area contributed by atoms with E-state index in [1.165, 1.54) is 11.3 Å². The van der Waals surface area contributed by atoms with Crippen molar-refractivity contribution in [3.63, 3.8) is 0 Å². The van der Waals surface area contributed by atoms with Crippen molar-refractivity contribution in [3.05, 3.63) is 56.8 Å². The second-order valence-corrected chi connectivity index (χ2v) is 8.56. The maximum Gasteiger partial charge on any atom is 0.254 e. The molecule has 2 amide bonds. The molecule has 0 unspecified atom stereocenters. The van der Waals surface area contributed by atoms with Crippen molar-refractivity contribution in [2.75, 3.05) is 13.6 Å². The van der Waals surface area contributed by atoms with Crippen molar-refractivity contribution >= 4 is 23.2 Å². The van der Waals surface area contributed by atoms with Crippen LogP contribution >= 0.6 is 11.3 Å². The third-order valence-electron chi connectivity index (χ3n) is 5.86. The number of rotatable bonds is 5. The summed E-state index contributed by atoms with van der Waals surface area (Å²) >= 11 is 1.51. The van der Waals surface area contributed by atoms with Crippen LogP contribution in [0.2, 0.25) is 0 Å². The predicted octanol–water partition coefficient (Wildman–Crippen LogP) is 2.38. The van der Waals surface area contributed by atoms with Gasteiger partial charge in [0.2, 0.25) is 5.91 Å². The first-order valence-corrected chi connectivity index (χ1v) is 10.9. The summed E-state index contributed by atoms with van der Waals surface area (Å²) < 4.78 is 3.72. The second-order valence-electron chi connectivity index (χ2n) is 7.78. The molecule has 0 saturated carbocycles. The first kappa shape index (κ1) is 20.3. The van der Waals surface area contributed by atoms with Crippen LogP contribution in [0, 0.1) is 20.8 Å².